The summed E-state index contributed by atoms with van der Waals surface area (Å²) in [5.41, 5.74) is 0.857. The quantitative estimate of drug-likeness (QED) is 0.630. The lowest BCUT2D eigenvalue weighted by Crippen LogP contribution is -3.00. The number of para-hydroxylation sites is 1. The predicted molar refractivity (Wildman–Crippen MR) is 55.2 cm³/mol. The van der Waals surface area contributed by atoms with Crippen LogP contribution in [0.4, 0.5) is 0 Å². The maximum atomic E-state index is 9.45. The maximum absolute atomic E-state index is 9.45. The molecule has 0 fully saturated rings. The monoisotopic (exact) mass is 213 g/mol. The van der Waals surface area contributed by atoms with Crippen molar-refractivity contribution in [3.8, 4) is 5.75 Å². The van der Waals surface area contributed by atoms with E-state index in [1.165, 1.54) is 0 Å². The number of phenols is 1. The first-order chi connectivity index (χ1) is 5.99. The Hall–Kier alpha value is -0.990. The zero-order valence-corrected chi connectivity index (χ0v) is 9.49. The van der Waals surface area contributed by atoms with Crippen molar-refractivity contribution in [1.29, 1.82) is 0 Å². The molecule has 0 amide bonds. The number of phenolic OH excluding ortho intramolecular Hbond substituents is 1. The van der Waals surface area contributed by atoms with Crippen molar-refractivity contribution in [2.75, 3.05) is 21.1 Å². The molecule has 0 aromatic heterocycles. The molecule has 14 heavy (non-hydrogen) atoms. The highest BCUT2D eigenvalue weighted by molar-refractivity contribution is 5.55. The Morgan fingerprint density at radius 3 is 2.21 bits per heavy atom. The molecule has 0 unspecified atom stereocenters. The second kappa shape index (κ2) is 5.03. The molecule has 0 bridgehead atoms. The average Bonchev–Trinajstić information content (AvgIpc) is 2.01. The summed E-state index contributed by atoms with van der Waals surface area (Å²) in [6.45, 7) is 0. The van der Waals surface area contributed by atoms with E-state index < -0.39 is 0 Å². The van der Waals surface area contributed by atoms with E-state index in [2.05, 4.69) is 21.1 Å². The molecule has 0 aliphatic rings. The van der Waals surface area contributed by atoms with Gasteiger partial charge in [0.15, 0.2) is 0 Å². The number of hydrogen-bond donors (Lipinski definition) is 1. The van der Waals surface area contributed by atoms with E-state index in [9.17, 15) is 5.11 Å². The summed E-state index contributed by atoms with van der Waals surface area (Å²) in [6.07, 6.45) is 3.95. The fourth-order valence-electron chi connectivity index (χ4n) is 0.932. The first-order valence-corrected chi connectivity index (χ1v) is 4.27. The van der Waals surface area contributed by atoms with E-state index in [1.807, 2.05) is 30.5 Å². The third-order valence-electron chi connectivity index (χ3n) is 1.64. The van der Waals surface area contributed by atoms with E-state index in [-0.39, 0.29) is 12.4 Å². The Labute approximate surface area is 91.5 Å². The highest BCUT2D eigenvalue weighted by atomic mass is 35.5. The summed E-state index contributed by atoms with van der Waals surface area (Å²) in [7, 11) is 6.20. The minimum atomic E-state index is 0. The fourth-order valence-corrected chi connectivity index (χ4v) is 0.932. The van der Waals surface area contributed by atoms with E-state index in [0.717, 1.165) is 10.0 Å². The van der Waals surface area contributed by atoms with Gasteiger partial charge in [-0.3, -0.25) is 0 Å². The third kappa shape index (κ3) is 4.30. The zero-order valence-electron chi connectivity index (χ0n) is 8.74. The van der Waals surface area contributed by atoms with Crippen molar-refractivity contribution < 1.29 is 22.0 Å². The summed E-state index contributed by atoms with van der Waals surface area (Å²) in [5, 5.41) is 9.45. The summed E-state index contributed by atoms with van der Waals surface area (Å²) in [6, 6.07) is 7.31. The Bertz CT molecular complexity index is 315. The van der Waals surface area contributed by atoms with Gasteiger partial charge in [0.05, 0.1) is 27.3 Å². The van der Waals surface area contributed by atoms with E-state index in [0.29, 0.717) is 5.75 Å². The maximum Gasteiger partial charge on any atom is 0.122 e. The molecule has 0 aliphatic heterocycles. The van der Waals surface area contributed by atoms with Crippen molar-refractivity contribution in [3.05, 3.63) is 36.0 Å². The van der Waals surface area contributed by atoms with Crippen LogP contribution in [0, 0.1) is 0 Å². The first kappa shape index (κ1) is 13.0. The number of benzene rings is 1. The molecule has 1 aromatic carbocycles. The van der Waals surface area contributed by atoms with Crippen LogP contribution in [-0.4, -0.2) is 30.7 Å². The van der Waals surface area contributed by atoms with Gasteiger partial charge >= 0.3 is 0 Å². The fraction of sp³-hybridized carbons (Fsp3) is 0.273. The Morgan fingerprint density at radius 1 is 1.14 bits per heavy atom. The summed E-state index contributed by atoms with van der Waals surface area (Å²) >= 11 is 0. The van der Waals surface area contributed by atoms with Gasteiger partial charge in [-0.05, 0) is 6.07 Å². The molecular weight excluding hydrogens is 198 g/mol. The molecule has 1 rings (SSSR count). The third-order valence-corrected chi connectivity index (χ3v) is 1.64. The van der Waals surface area contributed by atoms with Crippen LogP contribution < -0.4 is 12.4 Å². The Balaban J connectivity index is 0.00000169. The first-order valence-electron chi connectivity index (χ1n) is 4.27. The average molecular weight is 214 g/mol. The summed E-state index contributed by atoms with van der Waals surface area (Å²) < 4.78 is 0.744. The van der Waals surface area contributed by atoms with Crippen molar-refractivity contribution in [1.82, 2.24) is 0 Å². The minimum Gasteiger partial charge on any atom is -1.00 e. The highest BCUT2D eigenvalue weighted by Gasteiger charge is 2.01. The molecule has 0 aliphatic carbocycles. The number of aromatic hydroxyl groups is 1. The zero-order chi connectivity index (χ0) is 9.90. The second-order valence-corrected chi connectivity index (χ2v) is 3.99. The van der Waals surface area contributed by atoms with Gasteiger partial charge in [-0.25, -0.2) is 0 Å². The van der Waals surface area contributed by atoms with E-state index >= 15 is 0 Å². The molecule has 2 nitrogen and oxygen atoms in total. The molecule has 1 N–H and O–H groups in total. The van der Waals surface area contributed by atoms with Gasteiger partial charge in [0.1, 0.15) is 5.75 Å². The van der Waals surface area contributed by atoms with E-state index in [1.54, 1.807) is 6.07 Å². The molecule has 0 saturated heterocycles. The van der Waals surface area contributed by atoms with Gasteiger partial charge in [-0.15, -0.1) is 0 Å². The Morgan fingerprint density at radius 2 is 1.71 bits per heavy atom. The van der Waals surface area contributed by atoms with Crippen molar-refractivity contribution in [3.63, 3.8) is 0 Å². The van der Waals surface area contributed by atoms with Gasteiger partial charge in [-0.2, -0.15) is 0 Å². The molecule has 0 spiro atoms. The lowest BCUT2D eigenvalue weighted by Gasteiger charge is -2.17. The molecule has 0 saturated carbocycles. The SMILES string of the molecule is C[N+](C)(C)/C=C/c1ccccc1O.[Cl-]. The van der Waals surface area contributed by atoms with Gasteiger partial charge in [-0.1, -0.05) is 18.2 Å². The van der Waals surface area contributed by atoms with E-state index in [4.69, 9.17) is 0 Å². The van der Waals surface area contributed by atoms with Gasteiger partial charge in [0.25, 0.3) is 0 Å². The van der Waals surface area contributed by atoms with Crippen molar-refractivity contribution in [2.45, 2.75) is 0 Å². The highest BCUT2D eigenvalue weighted by Crippen LogP contribution is 2.17. The van der Waals surface area contributed by atoms with Gasteiger partial charge in [0, 0.05) is 11.6 Å². The molecule has 0 radical (unpaired) electrons. The molecule has 0 atom stereocenters. The van der Waals surface area contributed by atoms with Crippen LogP contribution in [-0.2, 0) is 0 Å². The van der Waals surface area contributed by atoms with Crippen molar-refractivity contribution >= 4 is 6.08 Å². The van der Waals surface area contributed by atoms with Crippen LogP contribution in [0.5, 0.6) is 5.75 Å². The normalized spacial score (nSPS) is 11.4. The van der Waals surface area contributed by atoms with Crippen LogP contribution in [0.15, 0.2) is 30.5 Å². The molecular formula is C11H16ClNO. The Kier molecular flexibility index (Phi) is 4.68. The molecule has 3 heteroatoms. The lowest BCUT2D eigenvalue weighted by molar-refractivity contribution is -0.816. The number of hydrogen-bond acceptors (Lipinski definition) is 1. The summed E-state index contributed by atoms with van der Waals surface area (Å²) in [5.74, 6) is 0.326. The van der Waals surface area contributed by atoms with Crippen LogP contribution in [0.2, 0.25) is 0 Å². The van der Waals surface area contributed by atoms with Gasteiger partial charge < -0.3 is 22.0 Å². The minimum absolute atomic E-state index is 0. The van der Waals surface area contributed by atoms with Crippen LogP contribution in [0.3, 0.4) is 0 Å². The molecule has 1 aromatic rings. The van der Waals surface area contributed by atoms with Crippen LogP contribution in [0.25, 0.3) is 6.08 Å². The van der Waals surface area contributed by atoms with Crippen LogP contribution >= 0.6 is 0 Å². The molecule has 78 valence electrons. The topological polar surface area (TPSA) is 20.2 Å². The smallest absolute Gasteiger partial charge is 0.122 e. The number of nitrogens with zero attached hydrogens (tertiary/aromatic N) is 1. The summed E-state index contributed by atoms with van der Waals surface area (Å²) in [4.78, 5) is 0. The van der Waals surface area contributed by atoms with Crippen LogP contribution in [0.1, 0.15) is 5.56 Å². The number of quaternary nitrogens is 1. The second-order valence-electron chi connectivity index (χ2n) is 3.99. The number of halogens is 1. The lowest BCUT2D eigenvalue weighted by atomic mass is 10.2. The van der Waals surface area contributed by atoms with Gasteiger partial charge in [0.2, 0.25) is 0 Å². The molecule has 0 heterocycles. The number of rotatable bonds is 2. The van der Waals surface area contributed by atoms with Crippen molar-refractivity contribution in [2.24, 2.45) is 0 Å². The predicted octanol–water partition coefficient (Wildman–Crippen LogP) is -0.927. The standard InChI is InChI=1S/C11H15NO.ClH/c1-12(2,3)9-8-10-6-4-5-7-11(10)13;/h4-9H,1-3H3;1H/b9-8+;. The largest absolute Gasteiger partial charge is 1.00 e.